The molecule has 0 saturated heterocycles. The van der Waals surface area contributed by atoms with Gasteiger partial charge in [-0.3, -0.25) is 4.79 Å². The van der Waals surface area contributed by atoms with Gasteiger partial charge in [0.2, 0.25) is 5.91 Å². The number of carbonyl (C=O) groups is 1. The van der Waals surface area contributed by atoms with E-state index in [0.29, 0.717) is 5.02 Å². The maximum Gasteiger partial charge on any atom is 0.235 e. The molecule has 1 amide bonds. The van der Waals surface area contributed by atoms with Crippen molar-refractivity contribution in [3.63, 3.8) is 0 Å². The molecule has 78 valence electrons. The van der Waals surface area contributed by atoms with Gasteiger partial charge >= 0.3 is 0 Å². The summed E-state index contributed by atoms with van der Waals surface area (Å²) in [6, 6.07) is 7.21. The fraction of sp³-hybridized carbons (Fsp3) is 0.182. The standard InChI is InChI=1S/C11H9Cl2NO/c12-8-11(15)14-6-2-4-9-3-1-5-10(13)7-9/h1,3,5,7H,6,8H2,(H,14,15). The molecule has 1 aromatic carbocycles. The van der Waals surface area contributed by atoms with Crippen LogP contribution in [0.15, 0.2) is 24.3 Å². The Hall–Kier alpha value is -1.17. The molecular weight excluding hydrogens is 233 g/mol. The molecule has 0 aliphatic carbocycles. The Labute approximate surface area is 98.6 Å². The second kappa shape index (κ2) is 6.34. The molecule has 0 aliphatic rings. The number of carbonyl (C=O) groups excluding carboxylic acids is 1. The van der Waals surface area contributed by atoms with Crippen LogP contribution in [0.1, 0.15) is 5.56 Å². The highest BCUT2D eigenvalue weighted by Crippen LogP contribution is 2.08. The number of hydrogen-bond donors (Lipinski definition) is 1. The molecule has 2 nitrogen and oxygen atoms in total. The van der Waals surface area contributed by atoms with Crippen molar-refractivity contribution in [2.45, 2.75) is 0 Å². The first-order valence-electron chi connectivity index (χ1n) is 4.29. The van der Waals surface area contributed by atoms with E-state index in [1.165, 1.54) is 0 Å². The normalized spacial score (nSPS) is 8.93. The molecule has 0 atom stereocenters. The molecular formula is C11H9Cl2NO. The average Bonchev–Trinajstić information content (AvgIpc) is 2.24. The van der Waals surface area contributed by atoms with Crippen LogP contribution in [0.5, 0.6) is 0 Å². The lowest BCUT2D eigenvalue weighted by atomic mass is 10.2. The summed E-state index contributed by atoms with van der Waals surface area (Å²) in [6.07, 6.45) is 0. The Morgan fingerprint density at radius 3 is 2.93 bits per heavy atom. The summed E-state index contributed by atoms with van der Waals surface area (Å²) in [5.74, 6) is 5.40. The highest BCUT2D eigenvalue weighted by Gasteiger charge is 1.93. The highest BCUT2D eigenvalue weighted by molar-refractivity contribution is 6.30. The van der Waals surface area contributed by atoms with Gasteiger partial charge in [-0.05, 0) is 18.2 Å². The van der Waals surface area contributed by atoms with E-state index in [1.54, 1.807) is 12.1 Å². The zero-order valence-corrected chi connectivity index (χ0v) is 9.40. The minimum atomic E-state index is -0.225. The molecule has 4 heteroatoms. The molecule has 15 heavy (non-hydrogen) atoms. The lowest BCUT2D eigenvalue weighted by Crippen LogP contribution is -2.24. The van der Waals surface area contributed by atoms with Crippen molar-refractivity contribution in [3.05, 3.63) is 34.9 Å². The largest absolute Gasteiger partial charge is 0.344 e. The van der Waals surface area contributed by atoms with Crippen LogP contribution >= 0.6 is 23.2 Å². The molecule has 1 aromatic rings. The highest BCUT2D eigenvalue weighted by atomic mass is 35.5. The van der Waals surface area contributed by atoms with E-state index in [0.717, 1.165) is 5.56 Å². The minimum absolute atomic E-state index is 0.0428. The van der Waals surface area contributed by atoms with Crippen LogP contribution in [-0.2, 0) is 4.79 Å². The van der Waals surface area contributed by atoms with Crippen LogP contribution in [0, 0.1) is 11.8 Å². The monoisotopic (exact) mass is 241 g/mol. The average molecular weight is 242 g/mol. The predicted octanol–water partition coefficient (Wildman–Crippen LogP) is 2.05. The first-order chi connectivity index (χ1) is 7.22. The summed E-state index contributed by atoms with van der Waals surface area (Å²) >= 11 is 11.1. The van der Waals surface area contributed by atoms with E-state index in [9.17, 15) is 4.79 Å². The summed E-state index contributed by atoms with van der Waals surface area (Å²) in [7, 11) is 0. The molecule has 0 heterocycles. The van der Waals surface area contributed by atoms with Crippen LogP contribution in [0.3, 0.4) is 0 Å². The lowest BCUT2D eigenvalue weighted by Gasteiger charge is -1.94. The van der Waals surface area contributed by atoms with Gasteiger partial charge in [0.15, 0.2) is 0 Å². The van der Waals surface area contributed by atoms with E-state index < -0.39 is 0 Å². The third-order valence-electron chi connectivity index (χ3n) is 1.55. The molecule has 0 spiro atoms. The van der Waals surface area contributed by atoms with Crippen molar-refractivity contribution in [2.75, 3.05) is 12.4 Å². The van der Waals surface area contributed by atoms with E-state index >= 15 is 0 Å². The minimum Gasteiger partial charge on any atom is -0.344 e. The van der Waals surface area contributed by atoms with E-state index in [2.05, 4.69) is 17.2 Å². The maximum atomic E-state index is 10.7. The van der Waals surface area contributed by atoms with Crippen LogP contribution in [0.2, 0.25) is 5.02 Å². The zero-order valence-electron chi connectivity index (χ0n) is 7.89. The van der Waals surface area contributed by atoms with Crippen LogP contribution in [0.25, 0.3) is 0 Å². The number of rotatable bonds is 2. The van der Waals surface area contributed by atoms with Gasteiger partial charge in [-0.15, -0.1) is 11.6 Å². The van der Waals surface area contributed by atoms with Gasteiger partial charge in [0.1, 0.15) is 5.88 Å². The van der Waals surface area contributed by atoms with Crippen molar-refractivity contribution in [2.24, 2.45) is 0 Å². The second-order valence-electron chi connectivity index (χ2n) is 2.72. The quantitative estimate of drug-likeness (QED) is 0.624. The van der Waals surface area contributed by atoms with E-state index in [-0.39, 0.29) is 18.3 Å². The smallest absolute Gasteiger partial charge is 0.235 e. The Bertz CT molecular complexity index is 407. The number of benzene rings is 1. The van der Waals surface area contributed by atoms with Gasteiger partial charge in [0.25, 0.3) is 0 Å². The SMILES string of the molecule is O=C(CCl)NCC#Cc1cccc(Cl)c1. The number of nitrogens with one attached hydrogen (secondary N) is 1. The summed E-state index contributed by atoms with van der Waals surface area (Å²) in [4.78, 5) is 10.7. The third kappa shape index (κ3) is 4.73. The molecule has 0 fully saturated rings. The molecule has 0 aliphatic heterocycles. The van der Waals surface area contributed by atoms with Crippen molar-refractivity contribution >= 4 is 29.1 Å². The van der Waals surface area contributed by atoms with Crippen LogP contribution < -0.4 is 5.32 Å². The van der Waals surface area contributed by atoms with Gasteiger partial charge in [-0.1, -0.05) is 29.5 Å². The van der Waals surface area contributed by atoms with Crippen LogP contribution in [-0.4, -0.2) is 18.3 Å². The lowest BCUT2D eigenvalue weighted by molar-refractivity contribution is -0.118. The van der Waals surface area contributed by atoms with E-state index in [4.69, 9.17) is 23.2 Å². The number of amides is 1. The molecule has 0 radical (unpaired) electrons. The Morgan fingerprint density at radius 1 is 1.47 bits per heavy atom. The molecule has 0 aromatic heterocycles. The van der Waals surface area contributed by atoms with Crippen molar-refractivity contribution in [1.29, 1.82) is 0 Å². The topological polar surface area (TPSA) is 29.1 Å². The summed E-state index contributed by atoms with van der Waals surface area (Å²) < 4.78 is 0. The molecule has 0 bridgehead atoms. The van der Waals surface area contributed by atoms with Crippen molar-refractivity contribution < 1.29 is 4.79 Å². The molecule has 0 unspecified atom stereocenters. The second-order valence-corrected chi connectivity index (χ2v) is 3.43. The van der Waals surface area contributed by atoms with Crippen molar-refractivity contribution in [3.8, 4) is 11.8 Å². The fourth-order valence-electron chi connectivity index (χ4n) is 0.903. The summed E-state index contributed by atoms with van der Waals surface area (Å²) in [6.45, 7) is 0.290. The Kier molecular flexibility index (Phi) is 5.03. The third-order valence-corrected chi connectivity index (χ3v) is 2.03. The Balaban J connectivity index is 2.48. The molecule has 0 saturated carbocycles. The summed E-state index contributed by atoms with van der Waals surface area (Å²) in [5, 5.41) is 3.18. The summed E-state index contributed by atoms with van der Waals surface area (Å²) in [5.41, 5.74) is 0.822. The van der Waals surface area contributed by atoms with Gasteiger partial charge in [0.05, 0.1) is 6.54 Å². The van der Waals surface area contributed by atoms with E-state index in [1.807, 2.05) is 12.1 Å². The predicted molar refractivity (Wildman–Crippen MR) is 62.1 cm³/mol. The van der Waals surface area contributed by atoms with Crippen molar-refractivity contribution in [1.82, 2.24) is 5.32 Å². The number of hydrogen-bond acceptors (Lipinski definition) is 1. The van der Waals surface area contributed by atoms with Gasteiger partial charge in [-0.25, -0.2) is 0 Å². The zero-order chi connectivity index (χ0) is 11.1. The first kappa shape index (κ1) is 11.9. The Morgan fingerprint density at radius 2 is 2.27 bits per heavy atom. The molecule has 1 rings (SSSR count). The van der Waals surface area contributed by atoms with Gasteiger partial charge in [0, 0.05) is 10.6 Å². The first-order valence-corrected chi connectivity index (χ1v) is 5.20. The maximum absolute atomic E-state index is 10.7. The van der Waals surface area contributed by atoms with Gasteiger partial charge in [-0.2, -0.15) is 0 Å². The number of halogens is 2. The number of alkyl halides is 1. The fourth-order valence-corrected chi connectivity index (χ4v) is 1.19. The van der Waals surface area contributed by atoms with Gasteiger partial charge < -0.3 is 5.32 Å². The van der Waals surface area contributed by atoms with Crippen LogP contribution in [0.4, 0.5) is 0 Å². The molecule has 1 N–H and O–H groups in total.